The SMILES string of the molecule is CCn1cc(N)c(C(=O)N(CCOC)CC(C)C)n1. The highest BCUT2D eigenvalue weighted by atomic mass is 16.5. The van der Waals surface area contributed by atoms with Gasteiger partial charge in [0.2, 0.25) is 0 Å². The second kappa shape index (κ2) is 7.13. The summed E-state index contributed by atoms with van der Waals surface area (Å²) in [7, 11) is 1.62. The van der Waals surface area contributed by atoms with Gasteiger partial charge in [0.1, 0.15) is 0 Å². The Hall–Kier alpha value is -1.56. The largest absolute Gasteiger partial charge is 0.396 e. The molecule has 0 aromatic carbocycles. The number of ether oxygens (including phenoxy) is 1. The van der Waals surface area contributed by atoms with Gasteiger partial charge < -0.3 is 15.4 Å². The zero-order valence-electron chi connectivity index (χ0n) is 12.2. The van der Waals surface area contributed by atoms with Gasteiger partial charge in [-0.1, -0.05) is 13.8 Å². The molecule has 6 nitrogen and oxygen atoms in total. The molecule has 1 aromatic rings. The van der Waals surface area contributed by atoms with Gasteiger partial charge in [0.05, 0.1) is 12.3 Å². The molecule has 0 saturated carbocycles. The fourth-order valence-corrected chi connectivity index (χ4v) is 1.83. The van der Waals surface area contributed by atoms with Crippen LogP contribution in [0.15, 0.2) is 6.20 Å². The number of carbonyl (C=O) groups excluding carboxylic acids is 1. The quantitative estimate of drug-likeness (QED) is 0.807. The maximum absolute atomic E-state index is 12.5. The normalized spacial score (nSPS) is 11.0. The number of aromatic nitrogens is 2. The third kappa shape index (κ3) is 4.24. The smallest absolute Gasteiger partial charge is 0.276 e. The van der Waals surface area contributed by atoms with Crippen LogP contribution in [0.3, 0.4) is 0 Å². The van der Waals surface area contributed by atoms with E-state index in [0.29, 0.717) is 43.5 Å². The summed E-state index contributed by atoms with van der Waals surface area (Å²) >= 11 is 0. The number of hydrogen-bond acceptors (Lipinski definition) is 4. The number of rotatable bonds is 7. The van der Waals surface area contributed by atoms with Crippen LogP contribution in [0.5, 0.6) is 0 Å². The molecule has 19 heavy (non-hydrogen) atoms. The maximum Gasteiger partial charge on any atom is 0.276 e. The van der Waals surface area contributed by atoms with Crippen LogP contribution < -0.4 is 5.73 Å². The van der Waals surface area contributed by atoms with E-state index in [9.17, 15) is 4.79 Å². The number of nitrogens with zero attached hydrogens (tertiary/aromatic N) is 3. The molecule has 0 atom stereocenters. The molecular formula is C13H24N4O2. The van der Waals surface area contributed by atoms with Crippen LogP contribution in [0.4, 0.5) is 5.69 Å². The van der Waals surface area contributed by atoms with Crippen molar-refractivity contribution in [3.63, 3.8) is 0 Å². The molecule has 0 saturated heterocycles. The van der Waals surface area contributed by atoms with Gasteiger partial charge in [-0.05, 0) is 12.8 Å². The summed E-state index contributed by atoms with van der Waals surface area (Å²) in [5, 5.41) is 4.22. The summed E-state index contributed by atoms with van der Waals surface area (Å²) in [4.78, 5) is 14.2. The van der Waals surface area contributed by atoms with Crippen LogP contribution in [-0.2, 0) is 11.3 Å². The number of nitrogen functional groups attached to an aromatic ring is 1. The van der Waals surface area contributed by atoms with Crippen molar-refractivity contribution in [2.24, 2.45) is 5.92 Å². The Bertz CT molecular complexity index is 415. The lowest BCUT2D eigenvalue weighted by molar-refractivity contribution is 0.0666. The predicted octanol–water partition coefficient (Wildman–Crippen LogP) is 1.23. The van der Waals surface area contributed by atoms with Crippen molar-refractivity contribution in [3.05, 3.63) is 11.9 Å². The molecule has 108 valence electrons. The highest BCUT2D eigenvalue weighted by Gasteiger charge is 2.21. The van der Waals surface area contributed by atoms with E-state index in [4.69, 9.17) is 10.5 Å². The van der Waals surface area contributed by atoms with Crippen molar-refractivity contribution in [3.8, 4) is 0 Å². The second-order valence-electron chi connectivity index (χ2n) is 4.93. The number of carbonyl (C=O) groups is 1. The van der Waals surface area contributed by atoms with E-state index >= 15 is 0 Å². The second-order valence-corrected chi connectivity index (χ2v) is 4.93. The molecule has 1 heterocycles. The molecule has 0 radical (unpaired) electrons. The molecule has 0 fully saturated rings. The highest BCUT2D eigenvalue weighted by molar-refractivity contribution is 5.97. The van der Waals surface area contributed by atoms with Crippen LogP contribution >= 0.6 is 0 Å². The fraction of sp³-hybridized carbons (Fsp3) is 0.692. The summed E-state index contributed by atoms with van der Waals surface area (Å²) in [5.41, 5.74) is 6.61. The van der Waals surface area contributed by atoms with Crippen LogP contribution in [-0.4, -0.2) is 47.4 Å². The Kier molecular flexibility index (Phi) is 5.82. The monoisotopic (exact) mass is 268 g/mol. The summed E-state index contributed by atoms with van der Waals surface area (Å²) in [5.74, 6) is 0.255. The summed E-state index contributed by atoms with van der Waals surface area (Å²) in [6.07, 6.45) is 1.69. The average molecular weight is 268 g/mol. The number of aryl methyl sites for hydroxylation is 1. The molecule has 1 rings (SSSR count). The van der Waals surface area contributed by atoms with Crippen LogP contribution in [0, 0.1) is 5.92 Å². The number of amides is 1. The van der Waals surface area contributed by atoms with Crippen molar-refractivity contribution in [1.82, 2.24) is 14.7 Å². The lowest BCUT2D eigenvalue weighted by atomic mass is 10.2. The first-order chi connectivity index (χ1) is 8.99. The molecule has 0 aliphatic rings. The first-order valence-corrected chi connectivity index (χ1v) is 6.60. The maximum atomic E-state index is 12.5. The topological polar surface area (TPSA) is 73.4 Å². The third-order valence-electron chi connectivity index (χ3n) is 2.75. The Morgan fingerprint density at radius 2 is 2.26 bits per heavy atom. The Balaban J connectivity index is 2.87. The number of anilines is 1. The van der Waals surface area contributed by atoms with Crippen LogP contribution in [0.2, 0.25) is 0 Å². The van der Waals surface area contributed by atoms with Crippen molar-refractivity contribution in [1.29, 1.82) is 0 Å². The van der Waals surface area contributed by atoms with Gasteiger partial charge in [0, 0.05) is 32.9 Å². The molecule has 6 heteroatoms. The first-order valence-electron chi connectivity index (χ1n) is 6.60. The third-order valence-corrected chi connectivity index (χ3v) is 2.75. The van der Waals surface area contributed by atoms with Gasteiger partial charge in [0.15, 0.2) is 5.69 Å². The molecular weight excluding hydrogens is 244 g/mol. The van der Waals surface area contributed by atoms with E-state index in [1.807, 2.05) is 6.92 Å². The summed E-state index contributed by atoms with van der Waals surface area (Å²) in [6.45, 7) is 8.51. The zero-order chi connectivity index (χ0) is 14.4. The minimum atomic E-state index is -0.129. The van der Waals surface area contributed by atoms with Crippen LogP contribution in [0.25, 0.3) is 0 Å². The predicted molar refractivity (Wildman–Crippen MR) is 74.9 cm³/mol. The molecule has 0 unspecified atom stereocenters. The minimum Gasteiger partial charge on any atom is -0.396 e. The highest BCUT2D eigenvalue weighted by Crippen LogP contribution is 2.13. The Labute approximate surface area is 114 Å². The Morgan fingerprint density at radius 1 is 1.58 bits per heavy atom. The number of methoxy groups -OCH3 is 1. The van der Waals surface area contributed by atoms with Crippen LogP contribution in [0.1, 0.15) is 31.3 Å². The minimum absolute atomic E-state index is 0.129. The van der Waals surface area contributed by atoms with Gasteiger partial charge in [-0.3, -0.25) is 9.48 Å². The van der Waals surface area contributed by atoms with Gasteiger partial charge in [-0.25, -0.2) is 0 Å². The zero-order valence-corrected chi connectivity index (χ0v) is 12.2. The van der Waals surface area contributed by atoms with E-state index in [0.717, 1.165) is 0 Å². The van der Waals surface area contributed by atoms with E-state index in [-0.39, 0.29) is 5.91 Å². The molecule has 0 bridgehead atoms. The molecule has 0 aliphatic carbocycles. The van der Waals surface area contributed by atoms with Crippen molar-refractivity contribution in [2.75, 3.05) is 32.5 Å². The van der Waals surface area contributed by atoms with Crippen molar-refractivity contribution < 1.29 is 9.53 Å². The van der Waals surface area contributed by atoms with E-state index in [1.165, 1.54) is 0 Å². The first kappa shape index (κ1) is 15.5. The lowest BCUT2D eigenvalue weighted by Crippen LogP contribution is -2.37. The van der Waals surface area contributed by atoms with E-state index in [2.05, 4.69) is 18.9 Å². The Morgan fingerprint density at radius 3 is 2.74 bits per heavy atom. The van der Waals surface area contributed by atoms with E-state index in [1.54, 1.807) is 22.9 Å². The molecule has 0 spiro atoms. The lowest BCUT2D eigenvalue weighted by Gasteiger charge is -2.23. The molecule has 1 aromatic heterocycles. The summed E-state index contributed by atoms with van der Waals surface area (Å²) < 4.78 is 6.72. The van der Waals surface area contributed by atoms with Gasteiger partial charge >= 0.3 is 0 Å². The molecule has 0 aliphatic heterocycles. The van der Waals surface area contributed by atoms with E-state index < -0.39 is 0 Å². The standard InChI is InChI=1S/C13H24N4O2/c1-5-17-9-11(14)12(15-17)13(18)16(6-7-19-4)8-10(2)3/h9-10H,5-8,14H2,1-4H3. The summed E-state index contributed by atoms with van der Waals surface area (Å²) in [6, 6.07) is 0. The van der Waals surface area contributed by atoms with Gasteiger partial charge in [-0.2, -0.15) is 5.10 Å². The van der Waals surface area contributed by atoms with Gasteiger partial charge in [0.25, 0.3) is 5.91 Å². The van der Waals surface area contributed by atoms with Crippen molar-refractivity contribution >= 4 is 11.6 Å². The molecule has 2 N–H and O–H groups in total. The average Bonchev–Trinajstić information content (AvgIpc) is 2.74. The van der Waals surface area contributed by atoms with Gasteiger partial charge in [-0.15, -0.1) is 0 Å². The number of hydrogen-bond donors (Lipinski definition) is 1. The molecule has 1 amide bonds. The fourth-order valence-electron chi connectivity index (χ4n) is 1.83. The van der Waals surface area contributed by atoms with Crippen molar-refractivity contribution in [2.45, 2.75) is 27.3 Å². The number of nitrogens with two attached hydrogens (primary N) is 1.